The predicted octanol–water partition coefficient (Wildman–Crippen LogP) is 11.4. The van der Waals surface area contributed by atoms with Gasteiger partial charge in [-0.2, -0.15) is 0 Å². The molecule has 0 bridgehead atoms. The lowest BCUT2D eigenvalue weighted by Crippen LogP contribution is -2.23. The Morgan fingerprint density at radius 2 is 1.30 bits per heavy atom. The van der Waals surface area contributed by atoms with Crippen molar-refractivity contribution in [3.8, 4) is 0 Å². The first-order valence-electron chi connectivity index (χ1n) is 14.7. The molecule has 1 unspecified atom stereocenters. The fraction of sp³-hybridized carbons (Fsp3) is 0.750. The molecule has 0 amide bonds. The van der Waals surface area contributed by atoms with Gasteiger partial charge in [0.1, 0.15) is 0 Å². The van der Waals surface area contributed by atoms with E-state index in [2.05, 4.69) is 25.1 Å². The highest BCUT2D eigenvalue weighted by molar-refractivity contribution is 6.32. The standard InChI is InChI=1S/C32H51Cl/c1-2-3-4-5-6-7-8-9-10-11-12-13-16-27-19-21-28(22-20-27)29-23-25-30(26-24-29)31-17-14-15-18-32(31)33/h14-15,17-18,25,27-29H,2-13,16,19-24,26H2,1H3. The third-order valence-corrected chi connectivity index (χ3v) is 9.02. The minimum Gasteiger partial charge on any atom is -0.0837 e. The Morgan fingerprint density at radius 3 is 1.88 bits per heavy atom. The number of allylic oxidation sites excluding steroid dienone is 2. The van der Waals surface area contributed by atoms with Gasteiger partial charge in [0.2, 0.25) is 0 Å². The third kappa shape index (κ3) is 9.79. The van der Waals surface area contributed by atoms with E-state index in [1.165, 1.54) is 140 Å². The largest absolute Gasteiger partial charge is 0.0837 e. The van der Waals surface area contributed by atoms with Crippen LogP contribution >= 0.6 is 11.6 Å². The minimum absolute atomic E-state index is 0.917. The summed E-state index contributed by atoms with van der Waals surface area (Å²) in [5.41, 5.74) is 2.75. The second kappa shape index (κ2) is 16.0. The van der Waals surface area contributed by atoms with Gasteiger partial charge in [0.25, 0.3) is 0 Å². The Labute approximate surface area is 211 Å². The summed E-state index contributed by atoms with van der Waals surface area (Å²) in [6, 6.07) is 8.37. The van der Waals surface area contributed by atoms with Gasteiger partial charge in [-0.05, 0) is 67.1 Å². The zero-order valence-corrected chi connectivity index (χ0v) is 22.4. The Kier molecular flexibility index (Phi) is 13.0. The van der Waals surface area contributed by atoms with Crippen molar-refractivity contribution in [2.75, 3.05) is 0 Å². The number of benzene rings is 1. The van der Waals surface area contributed by atoms with E-state index in [1.54, 1.807) is 0 Å². The molecule has 2 aliphatic carbocycles. The summed E-state index contributed by atoms with van der Waals surface area (Å²) >= 11 is 6.43. The molecule has 0 aromatic heterocycles. The van der Waals surface area contributed by atoms with Crippen LogP contribution < -0.4 is 0 Å². The van der Waals surface area contributed by atoms with Crippen molar-refractivity contribution in [2.45, 2.75) is 135 Å². The zero-order valence-electron chi connectivity index (χ0n) is 21.6. The third-order valence-electron chi connectivity index (χ3n) is 8.70. The smallest absolute Gasteiger partial charge is 0.0481 e. The monoisotopic (exact) mass is 470 g/mol. The molecule has 0 N–H and O–H groups in total. The molecular formula is C32H51Cl. The van der Waals surface area contributed by atoms with Crippen LogP contribution in [0.1, 0.15) is 141 Å². The molecule has 3 rings (SSSR count). The highest BCUT2D eigenvalue weighted by atomic mass is 35.5. The SMILES string of the molecule is CCCCCCCCCCCCCCC1CCC(C2CC=C(c3ccccc3Cl)CC2)CC1. The summed E-state index contributed by atoms with van der Waals surface area (Å²) in [5, 5.41) is 0.917. The average molecular weight is 471 g/mol. The van der Waals surface area contributed by atoms with Crippen molar-refractivity contribution < 1.29 is 0 Å². The highest BCUT2D eigenvalue weighted by Crippen LogP contribution is 2.42. The van der Waals surface area contributed by atoms with Gasteiger partial charge in [0.05, 0.1) is 0 Å². The molecule has 2 aliphatic rings. The molecule has 1 fully saturated rings. The van der Waals surface area contributed by atoms with Crippen LogP contribution in [0, 0.1) is 17.8 Å². The van der Waals surface area contributed by atoms with Crippen LogP contribution in [0.25, 0.3) is 5.57 Å². The molecule has 0 aliphatic heterocycles. The van der Waals surface area contributed by atoms with Gasteiger partial charge in [-0.1, -0.05) is 139 Å². The number of halogens is 1. The van der Waals surface area contributed by atoms with Gasteiger partial charge in [0.15, 0.2) is 0 Å². The summed E-state index contributed by atoms with van der Waals surface area (Å²) in [5.74, 6) is 2.93. The van der Waals surface area contributed by atoms with Crippen molar-refractivity contribution in [3.63, 3.8) is 0 Å². The van der Waals surface area contributed by atoms with E-state index in [4.69, 9.17) is 11.6 Å². The molecule has 1 aromatic carbocycles. The lowest BCUT2D eigenvalue weighted by molar-refractivity contribution is 0.187. The van der Waals surface area contributed by atoms with Crippen LogP contribution in [0.4, 0.5) is 0 Å². The summed E-state index contributed by atoms with van der Waals surface area (Å²) in [6.45, 7) is 2.30. The van der Waals surface area contributed by atoms with Crippen LogP contribution in [0.2, 0.25) is 5.02 Å². The van der Waals surface area contributed by atoms with Crippen LogP contribution in [-0.2, 0) is 0 Å². The van der Waals surface area contributed by atoms with E-state index in [0.29, 0.717) is 0 Å². The van der Waals surface area contributed by atoms with Crippen molar-refractivity contribution in [1.29, 1.82) is 0 Å². The van der Waals surface area contributed by atoms with Crippen LogP contribution in [0.15, 0.2) is 30.3 Å². The number of rotatable bonds is 15. The molecular weight excluding hydrogens is 420 g/mol. The van der Waals surface area contributed by atoms with E-state index in [9.17, 15) is 0 Å². The average Bonchev–Trinajstić information content (AvgIpc) is 2.85. The first kappa shape index (κ1) is 26.8. The van der Waals surface area contributed by atoms with Gasteiger partial charge in [-0.25, -0.2) is 0 Å². The maximum Gasteiger partial charge on any atom is 0.0481 e. The van der Waals surface area contributed by atoms with Crippen LogP contribution in [-0.4, -0.2) is 0 Å². The topological polar surface area (TPSA) is 0 Å². The van der Waals surface area contributed by atoms with Gasteiger partial charge >= 0.3 is 0 Å². The highest BCUT2D eigenvalue weighted by Gasteiger charge is 2.28. The fourth-order valence-electron chi connectivity index (χ4n) is 6.47. The van der Waals surface area contributed by atoms with Crippen molar-refractivity contribution in [1.82, 2.24) is 0 Å². The quantitative estimate of drug-likeness (QED) is 0.223. The molecule has 1 heteroatoms. The minimum atomic E-state index is 0.917. The Balaban J connectivity index is 1.19. The van der Waals surface area contributed by atoms with E-state index < -0.39 is 0 Å². The molecule has 186 valence electrons. The summed E-state index contributed by atoms with van der Waals surface area (Å²) < 4.78 is 0. The molecule has 1 saturated carbocycles. The van der Waals surface area contributed by atoms with Crippen molar-refractivity contribution in [2.24, 2.45) is 17.8 Å². The normalized spacial score (nSPS) is 23.5. The molecule has 1 atom stereocenters. The van der Waals surface area contributed by atoms with Crippen molar-refractivity contribution >= 4 is 17.2 Å². The lowest BCUT2D eigenvalue weighted by Gasteiger charge is -2.35. The molecule has 1 aromatic rings. The summed E-state index contributed by atoms with van der Waals surface area (Å²) in [4.78, 5) is 0. The van der Waals surface area contributed by atoms with Gasteiger partial charge < -0.3 is 0 Å². The molecule has 0 radical (unpaired) electrons. The number of hydrogen-bond acceptors (Lipinski definition) is 0. The zero-order chi connectivity index (χ0) is 23.1. The molecule has 33 heavy (non-hydrogen) atoms. The van der Waals surface area contributed by atoms with Crippen LogP contribution in [0.5, 0.6) is 0 Å². The second-order valence-electron chi connectivity index (χ2n) is 11.2. The molecule has 0 nitrogen and oxygen atoms in total. The maximum atomic E-state index is 6.43. The van der Waals surface area contributed by atoms with Gasteiger partial charge in [-0.3, -0.25) is 0 Å². The maximum absolute atomic E-state index is 6.43. The fourth-order valence-corrected chi connectivity index (χ4v) is 6.73. The summed E-state index contributed by atoms with van der Waals surface area (Å²) in [6.07, 6.45) is 31.4. The molecule has 0 heterocycles. The molecule has 0 spiro atoms. The van der Waals surface area contributed by atoms with E-state index in [-0.39, 0.29) is 0 Å². The predicted molar refractivity (Wildman–Crippen MR) is 148 cm³/mol. The Hall–Kier alpha value is -0.750. The van der Waals surface area contributed by atoms with E-state index >= 15 is 0 Å². The Morgan fingerprint density at radius 1 is 0.697 bits per heavy atom. The van der Waals surface area contributed by atoms with E-state index in [1.807, 2.05) is 12.1 Å². The van der Waals surface area contributed by atoms with Crippen molar-refractivity contribution in [3.05, 3.63) is 40.9 Å². The number of hydrogen-bond donors (Lipinski definition) is 0. The van der Waals surface area contributed by atoms with Crippen LogP contribution in [0.3, 0.4) is 0 Å². The van der Waals surface area contributed by atoms with Gasteiger partial charge in [-0.15, -0.1) is 0 Å². The molecule has 0 saturated heterocycles. The Bertz CT molecular complexity index is 667. The lowest BCUT2D eigenvalue weighted by atomic mass is 9.70. The van der Waals surface area contributed by atoms with E-state index in [0.717, 1.165) is 22.8 Å². The first-order valence-corrected chi connectivity index (χ1v) is 15.1. The number of unbranched alkanes of at least 4 members (excludes halogenated alkanes) is 11. The summed E-state index contributed by atoms with van der Waals surface area (Å²) in [7, 11) is 0. The van der Waals surface area contributed by atoms with Gasteiger partial charge in [0, 0.05) is 5.02 Å². The second-order valence-corrected chi connectivity index (χ2v) is 11.6. The first-order chi connectivity index (χ1) is 16.3.